The van der Waals surface area contributed by atoms with Crippen LogP contribution in [0.15, 0.2) is 97.2 Å². The van der Waals surface area contributed by atoms with Gasteiger partial charge in [0, 0.05) is 12.8 Å². The molecular weight excluding hydrogens is 797 g/mol. The number of esters is 2. The fourth-order valence-electron chi connectivity index (χ4n) is 6.63. The van der Waals surface area contributed by atoms with Gasteiger partial charge in [-0.1, -0.05) is 156 Å². The van der Waals surface area contributed by atoms with Crippen LogP contribution >= 0.6 is 0 Å². The summed E-state index contributed by atoms with van der Waals surface area (Å²) in [6.45, 7) is 3.22. The summed E-state index contributed by atoms with van der Waals surface area (Å²) in [6, 6.07) is 0. The quantitative estimate of drug-likeness (QED) is 0.0267. The molecule has 1 aliphatic rings. The van der Waals surface area contributed by atoms with E-state index in [0.717, 1.165) is 103 Å². The highest BCUT2D eigenvalue weighted by Gasteiger charge is 2.44. The van der Waals surface area contributed by atoms with Crippen molar-refractivity contribution in [3.63, 3.8) is 0 Å². The van der Waals surface area contributed by atoms with Crippen LogP contribution in [-0.2, 0) is 28.5 Å². The second kappa shape index (κ2) is 42.6. The van der Waals surface area contributed by atoms with E-state index in [1.54, 1.807) is 0 Å². The number of carbonyl (C=O) groups excluding carboxylic acids is 2. The minimum absolute atomic E-state index is 0.182. The smallest absolute Gasteiger partial charge is 0.306 e. The van der Waals surface area contributed by atoms with Crippen LogP contribution in [0.1, 0.15) is 168 Å². The predicted molar refractivity (Wildman–Crippen MR) is 256 cm³/mol. The van der Waals surface area contributed by atoms with Crippen LogP contribution in [0.3, 0.4) is 0 Å². The number of allylic oxidation sites excluding steroid dienone is 16. The minimum Gasteiger partial charge on any atom is -0.462 e. The summed E-state index contributed by atoms with van der Waals surface area (Å²) >= 11 is 0. The Morgan fingerprint density at radius 3 is 1.43 bits per heavy atom. The van der Waals surface area contributed by atoms with Crippen molar-refractivity contribution < 1.29 is 49.0 Å². The molecule has 0 spiro atoms. The SMILES string of the molecule is CC/C=C\C/C=C\C/C=C\C/C=C\C/C=C\CCCCCC(=O)OC(COC(=O)CCCCCCCC/C=C\C/C=C\C/C=C\CCCCC)COC1OC(CO)C(O)C(O)C1O. The maximum Gasteiger partial charge on any atom is 0.306 e. The summed E-state index contributed by atoms with van der Waals surface area (Å²) in [7, 11) is 0. The van der Waals surface area contributed by atoms with Crippen LogP contribution in [-0.4, -0.2) is 89.0 Å². The summed E-state index contributed by atoms with van der Waals surface area (Å²) in [5.74, 6) is -0.867. The third kappa shape index (κ3) is 33.8. The summed E-state index contributed by atoms with van der Waals surface area (Å²) < 4.78 is 22.2. The van der Waals surface area contributed by atoms with Crippen molar-refractivity contribution in [2.75, 3.05) is 19.8 Å². The molecule has 4 N–H and O–H groups in total. The summed E-state index contributed by atoms with van der Waals surface area (Å²) in [4.78, 5) is 25.4. The molecule has 0 amide bonds. The van der Waals surface area contributed by atoms with Gasteiger partial charge < -0.3 is 39.4 Å². The Kier molecular flexibility index (Phi) is 38.9. The molecule has 1 heterocycles. The van der Waals surface area contributed by atoms with E-state index in [9.17, 15) is 30.0 Å². The first-order valence-electron chi connectivity index (χ1n) is 24.3. The minimum atomic E-state index is -1.61. The number of hydrogen-bond donors (Lipinski definition) is 4. The highest BCUT2D eigenvalue weighted by molar-refractivity contribution is 5.70. The molecular formula is C53H86O10. The maximum atomic E-state index is 12.8. The summed E-state index contributed by atoms with van der Waals surface area (Å²) in [5.41, 5.74) is 0. The van der Waals surface area contributed by atoms with E-state index in [2.05, 4.69) is 111 Å². The predicted octanol–water partition coefficient (Wildman–Crippen LogP) is 11.1. The monoisotopic (exact) mass is 883 g/mol. The lowest BCUT2D eigenvalue weighted by Gasteiger charge is -2.39. The zero-order valence-electron chi connectivity index (χ0n) is 39.0. The fraction of sp³-hybridized carbons (Fsp3) is 0.660. The van der Waals surface area contributed by atoms with Gasteiger partial charge in [0.25, 0.3) is 0 Å². The number of unbranched alkanes of at least 4 members (excludes halogenated alkanes) is 12. The van der Waals surface area contributed by atoms with Gasteiger partial charge in [-0.2, -0.15) is 0 Å². The summed E-state index contributed by atoms with van der Waals surface area (Å²) in [6.07, 6.45) is 49.7. The number of rotatable bonds is 39. The second-order valence-electron chi connectivity index (χ2n) is 16.2. The highest BCUT2D eigenvalue weighted by Crippen LogP contribution is 2.22. The molecule has 0 aromatic heterocycles. The molecule has 0 bridgehead atoms. The van der Waals surface area contributed by atoms with E-state index < -0.39 is 55.4 Å². The van der Waals surface area contributed by atoms with E-state index in [1.165, 1.54) is 25.7 Å². The van der Waals surface area contributed by atoms with E-state index in [4.69, 9.17) is 18.9 Å². The molecule has 1 saturated heterocycles. The molecule has 63 heavy (non-hydrogen) atoms. The molecule has 1 rings (SSSR count). The van der Waals surface area contributed by atoms with Crippen molar-refractivity contribution in [3.05, 3.63) is 97.2 Å². The van der Waals surface area contributed by atoms with Gasteiger partial charge in [-0.25, -0.2) is 0 Å². The Hall–Kier alpha value is -3.38. The number of ether oxygens (including phenoxy) is 4. The van der Waals surface area contributed by atoms with Gasteiger partial charge in [0.2, 0.25) is 0 Å². The highest BCUT2D eigenvalue weighted by atomic mass is 16.7. The van der Waals surface area contributed by atoms with Crippen molar-refractivity contribution in [1.29, 1.82) is 0 Å². The van der Waals surface area contributed by atoms with E-state index >= 15 is 0 Å². The molecule has 10 heteroatoms. The zero-order valence-corrected chi connectivity index (χ0v) is 39.0. The van der Waals surface area contributed by atoms with Gasteiger partial charge in [-0.3, -0.25) is 9.59 Å². The first kappa shape index (κ1) is 57.6. The molecule has 10 nitrogen and oxygen atoms in total. The molecule has 6 atom stereocenters. The second-order valence-corrected chi connectivity index (χ2v) is 16.2. The van der Waals surface area contributed by atoms with E-state index in [-0.39, 0.29) is 26.1 Å². The van der Waals surface area contributed by atoms with E-state index in [1.807, 2.05) is 0 Å². The maximum absolute atomic E-state index is 12.8. The van der Waals surface area contributed by atoms with Crippen molar-refractivity contribution in [1.82, 2.24) is 0 Å². The lowest BCUT2D eigenvalue weighted by atomic mass is 9.99. The number of carbonyl (C=O) groups is 2. The molecule has 0 aromatic rings. The van der Waals surface area contributed by atoms with Crippen LogP contribution in [0, 0.1) is 0 Å². The molecule has 0 saturated carbocycles. The van der Waals surface area contributed by atoms with Crippen molar-refractivity contribution in [2.24, 2.45) is 0 Å². The third-order valence-electron chi connectivity index (χ3n) is 10.5. The Labute approximate surface area is 381 Å². The Bertz CT molecular complexity index is 1340. The first-order chi connectivity index (χ1) is 30.8. The zero-order chi connectivity index (χ0) is 45.9. The van der Waals surface area contributed by atoms with Crippen LogP contribution < -0.4 is 0 Å². The number of aliphatic hydroxyl groups is 4. The van der Waals surface area contributed by atoms with Gasteiger partial charge >= 0.3 is 11.9 Å². The Balaban J connectivity index is 2.35. The van der Waals surface area contributed by atoms with Gasteiger partial charge in [0.15, 0.2) is 12.4 Å². The Morgan fingerprint density at radius 2 is 0.937 bits per heavy atom. The van der Waals surface area contributed by atoms with Gasteiger partial charge in [0.05, 0.1) is 13.2 Å². The van der Waals surface area contributed by atoms with Crippen molar-refractivity contribution >= 4 is 11.9 Å². The van der Waals surface area contributed by atoms with Crippen LogP contribution in [0.2, 0.25) is 0 Å². The van der Waals surface area contributed by atoms with Gasteiger partial charge in [-0.15, -0.1) is 0 Å². The molecule has 0 radical (unpaired) electrons. The first-order valence-corrected chi connectivity index (χ1v) is 24.3. The lowest BCUT2D eigenvalue weighted by molar-refractivity contribution is -0.305. The Morgan fingerprint density at radius 1 is 0.508 bits per heavy atom. The molecule has 6 unspecified atom stereocenters. The summed E-state index contributed by atoms with van der Waals surface area (Å²) in [5, 5.41) is 40.2. The average Bonchev–Trinajstić information content (AvgIpc) is 3.28. The van der Waals surface area contributed by atoms with Gasteiger partial charge in [0.1, 0.15) is 31.0 Å². The molecule has 1 fully saturated rings. The number of aliphatic hydroxyl groups excluding tert-OH is 4. The molecule has 1 aliphatic heterocycles. The average molecular weight is 883 g/mol. The largest absolute Gasteiger partial charge is 0.462 e. The van der Waals surface area contributed by atoms with Crippen molar-refractivity contribution in [2.45, 2.75) is 205 Å². The fourth-order valence-corrected chi connectivity index (χ4v) is 6.63. The normalized spacial score (nSPS) is 20.4. The van der Waals surface area contributed by atoms with Crippen molar-refractivity contribution in [3.8, 4) is 0 Å². The van der Waals surface area contributed by atoms with Gasteiger partial charge in [-0.05, 0) is 96.3 Å². The molecule has 0 aromatic carbocycles. The third-order valence-corrected chi connectivity index (χ3v) is 10.5. The van der Waals surface area contributed by atoms with E-state index in [0.29, 0.717) is 12.8 Å². The molecule has 358 valence electrons. The number of hydrogen-bond acceptors (Lipinski definition) is 10. The van der Waals surface area contributed by atoms with Crippen LogP contribution in [0.5, 0.6) is 0 Å². The lowest BCUT2D eigenvalue weighted by Crippen LogP contribution is -2.59. The van der Waals surface area contributed by atoms with Crippen LogP contribution in [0.25, 0.3) is 0 Å². The molecule has 0 aliphatic carbocycles. The van der Waals surface area contributed by atoms with Crippen LogP contribution in [0.4, 0.5) is 0 Å². The standard InChI is InChI=1S/C53H86O10/c1-3-5-7-9-11-13-15-17-19-21-23-25-27-29-31-33-35-37-39-41-48(55)60-44-46(45-61-53-52(59)51(58)50(57)47(43-54)63-53)62-49(56)42-40-38-36-34-32-30-28-26-24-22-20-18-16-14-12-10-8-6-4-2/h6,8,11-14,17-20,23-26,30,32,46-47,50-54,57-59H,3-5,7,9-10,15-16,21-22,27-29,31,33-45H2,1-2H3/b8-6-,13-11-,14-12-,19-17-,20-18-,25-23-,26-24-,32-30-. The topological polar surface area (TPSA) is 152 Å².